The minimum absolute atomic E-state index is 0.100. The summed E-state index contributed by atoms with van der Waals surface area (Å²) < 4.78 is 10.1. The van der Waals surface area contributed by atoms with E-state index in [1.54, 1.807) is 18.2 Å². The van der Waals surface area contributed by atoms with Crippen LogP contribution in [-0.4, -0.2) is 50.0 Å². The average molecular weight is 369 g/mol. The van der Waals surface area contributed by atoms with Crippen LogP contribution in [0.4, 0.5) is 5.69 Å². The third-order valence-corrected chi connectivity index (χ3v) is 4.23. The fourth-order valence-corrected chi connectivity index (χ4v) is 2.44. The molecule has 0 aromatic heterocycles. The summed E-state index contributed by atoms with van der Waals surface area (Å²) in [6, 6.07) is 4.82. The Morgan fingerprint density at radius 1 is 1.36 bits per heavy atom. The zero-order chi connectivity index (χ0) is 18.6. The van der Waals surface area contributed by atoms with Crippen molar-refractivity contribution >= 4 is 35.1 Å². The van der Waals surface area contributed by atoms with Crippen LogP contribution in [0.25, 0.3) is 0 Å². The SMILES string of the molecule is COc1ccc(Cl)cc1NC(=O)CN(C)C(=O)COC(=O)[C@@H]1C[C@@H]1C. The van der Waals surface area contributed by atoms with E-state index in [0.717, 1.165) is 6.42 Å². The average Bonchev–Trinajstić information content (AvgIpc) is 3.29. The van der Waals surface area contributed by atoms with Gasteiger partial charge < -0.3 is 19.7 Å². The molecule has 1 aromatic carbocycles. The van der Waals surface area contributed by atoms with E-state index < -0.39 is 11.8 Å². The molecule has 2 atom stereocenters. The van der Waals surface area contributed by atoms with Gasteiger partial charge in [-0.05, 0) is 30.5 Å². The molecule has 1 fully saturated rings. The van der Waals surface area contributed by atoms with E-state index in [-0.39, 0.29) is 25.0 Å². The molecule has 0 radical (unpaired) electrons. The van der Waals surface area contributed by atoms with Gasteiger partial charge in [0.2, 0.25) is 5.91 Å². The summed E-state index contributed by atoms with van der Waals surface area (Å²) in [6.07, 6.45) is 0.798. The van der Waals surface area contributed by atoms with Crippen molar-refractivity contribution in [2.75, 3.05) is 32.6 Å². The number of likely N-dealkylation sites (N-methyl/N-ethyl adjacent to an activating group) is 1. The molecule has 0 heterocycles. The lowest BCUT2D eigenvalue weighted by Crippen LogP contribution is -2.37. The second-order valence-corrected chi connectivity index (χ2v) is 6.51. The number of methoxy groups -OCH3 is 1. The summed E-state index contributed by atoms with van der Waals surface area (Å²) >= 11 is 5.91. The maximum atomic E-state index is 12.1. The summed E-state index contributed by atoms with van der Waals surface area (Å²) in [7, 11) is 2.94. The molecule has 1 aromatic rings. The predicted molar refractivity (Wildman–Crippen MR) is 92.5 cm³/mol. The molecule has 25 heavy (non-hydrogen) atoms. The van der Waals surface area contributed by atoms with Gasteiger partial charge in [0, 0.05) is 12.1 Å². The molecule has 0 aliphatic heterocycles. The Hall–Kier alpha value is -2.28. The van der Waals surface area contributed by atoms with E-state index in [9.17, 15) is 14.4 Å². The first-order valence-electron chi connectivity index (χ1n) is 7.85. The minimum atomic E-state index is -0.449. The van der Waals surface area contributed by atoms with Gasteiger partial charge in [-0.3, -0.25) is 14.4 Å². The van der Waals surface area contributed by atoms with Crippen LogP contribution in [0.5, 0.6) is 5.75 Å². The molecule has 1 aliphatic carbocycles. The number of hydrogen-bond donors (Lipinski definition) is 1. The number of nitrogens with zero attached hydrogens (tertiary/aromatic N) is 1. The summed E-state index contributed by atoms with van der Waals surface area (Å²) in [6.45, 7) is 1.40. The van der Waals surface area contributed by atoms with Crippen LogP contribution in [0.15, 0.2) is 18.2 Å². The van der Waals surface area contributed by atoms with Crippen LogP contribution < -0.4 is 10.1 Å². The van der Waals surface area contributed by atoms with Crippen LogP contribution in [0.2, 0.25) is 5.02 Å². The topological polar surface area (TPSA) is 84.9 Å². The van der Waals surface area contributed by atoms with Gasteiger partial charge in [0.15, 0.2) is 6.61 Å². The largest absolute Gasteiger partial charge is 0.495 e. The highest BCUT2D eigenvalue weighted by Gasteiger charge is 2.40. The maximum absolute atomic E-state index is 12.1. The summed E-state index contributed by atoms with van der Waals surface area (Å²) in [4.78, 5) is 36.9. The molecular formula is C17H21ClN2O5. The van der Waals surface area contributed by atoms with Crippen molar-refractivity contribution in [2.45, 2.75) is 13.3 Å². The van der Waals surface area contributed by atoms with Gasteiger partial charge in [-0.2, -0.15) is 0 Å². The number of anilines is 1. The van der Waals surface area contributed by atoms with Crippen LogP contribution in [0.1, 0.15) is 13.3 Å². The minimum Gasteiger partial charge on any atom is -0.495 e. The third kappa shape index (κ3) is 5.35. The zero-order valence-electron chi connectivity index (χ0n) is 14.4. The summed E-state index contributed by atoms with van der Waals surface area (Å²) in [5.74, 6) is -0.550. The Kier molecular flexibility index (Phi) is 6.25. The number of benzene rings is 1. The predicted octanol–water partition coefficient (Wildman–Crippen LogP) is 1.94. The number of nitrogens with one attached hydrogen (secondary N) is 1. The molecule has 2 rings (SSSR count). The molecule has 0 spiro atoms. The van der Waals surface area contributed by atoms with Crippen molar-refractivity contribution in [3.05, 3.63) is 23.2 Å². The number of halogens is 1. The van der Waals surface area contributed by atoms with Crippen molar-refractivity contribution in [3.63, 3.8) is 0 Å². The molecule has 8 heteroatoms. The Labute approximate surface area is 151 Å². The first-order chi connectivity index (χ1) is 11.8. The Bertz CT molecular complexity index is 679. The first-order valence-corrected chi connectivity index (χ1v) is 8.23. The van der Waals surface area contributed by atoms with E-state index in [2.05, 4.69) is 5.32 Å². The molecule has 1 saturated carbocycles. The molecule has 0 saturated heterocycles. The van der Waals surface area contributed by atoms with Crippen molar-refractivity contribution in [2.24, 2.45) is 11.8 Å². The molecule has 1 N–H and O–H groups in total. The molecule has 136 valence electrons. The normalized spacial score (nSPS) is 18.2. The molecule has 1 aliphatic rings. The van der Waals surface area contributed by atoms with Gasteiger partial charge >= 0.3 is 5.97 Å². The highest BCUT2D eigenvalue weighted by atomic mass is 35.5. The maximum Gasteiger partial charge on any atom is 0.309 e. The van der Waals surface area contributed by atoms with Crippen LogP contribution in [0.3, 0.4) is 0 Å². The quantitative estimate of drug-likeness (QED) is 0.743. The highest BCUT2D eigenvalue weighted by molar-refractivity contribution is 6.31. The van der Waals surface area contributed by atoms with E-state index in [0.29, 0.717) is 22.4 Å². The van der Waals surface area contributed by atoms with Crippen molar-refractivity contribution in [1.82, 2.24) is 4.90 Å². The monoisotopic (exact) mass is 368 g/mol. The van der Waals surface area contributed by atoms with Gasteiger partial charge in [-0.15, -0.1) is 0 Å². The van der Waals surface area contributed by atoms with E-state index in [1.165, 1.54) is 19.1 Å². The number of carbonyl (C=O) groups is 3. The lowest BCUT2D eigenvalue weighted by Gasteiger charge is -2.17. The van der Waals surface area contributed by atoms with E-state index in [1.807, 2.05) is 6.92 Å². The molecule has 2 amide bonds. The van der Waals surface area contributed by atoms with Gasteiger partial charge in [0.1, 0.15) is 5.75 Å². The van der Waals surface area contributed by atoms with Gasteiger partial charge in [-0.1, -0.05) is 18.5 Å². The van der Waals surface area contributed by atoms with Crippen LogP contribution in [-0.2, 0) is 19.1 Å². The van der Waals surface area contributed by atoms with E-state index in [4.69, 9.17) is 21.1 Å². The fraction of sp³-hybridized carbons (Fsp3) is 0.471. The van der Waals surface area contributed by atoms with Crippen LogP contribution >= 0.6 is 11.6 Å². The fourth-order valence-electron chi connectivity index (χ4n) is 2.27. The number of esters is 1. The highest BCUT2D eigenvalue weighted by Crippen LogP contribution is 2.38. The lowest BCUT2D eigenvalue weighted by atomic mass is 10.3. The van der Waals surface area contributed by atoms with Crippen molar-refractivity contribution < 1.29 is 23.9 Å². The van der Waals surface area contributed by atoms with E-state index >= 15 is 0 Å². The standard InChI is InChI=1S/C17H21ClN2O5/c1-10-6-12(10)17(23)25-9-16(22)20(2)8-15(21)19-13-7-11(18)4-5-14(13)24-3/h4-5,7,10,12H,6,8-9H2,1-3H3,(H,19,21)/t10-,12+/m0/s1. The summed E-state index contributed by atoms with van der Waals surface area (Å²) in [5.41, 5.74) is 0.412. The van der Waals surface area contributed by atoms with Gasteiger partial charge in [0.05, 0.1) is 25.3 Å². The number of carbonyl (C=O) groups excluding carboxylic acids is 3. The van der Waals surface area contributed by atoms with Crippen LogP contribution in [0, 0.1) is 11.8 Å². The zero-order valence-corrected chi connectivity index (χ0v) is 15.1. The molecule has 0 unspecified atom stereocenters. The molecule has 0 bridgehead atoms. The Balaban J connectivity index is 1.82. The van der Waals surface area contributed by atoms with Crippen molar-refractivity contribution in [3.8, 4) is 5.75 Å². The van der Waals surface area contributed by atoms with Gasteiger partial charge in [-0.25, -0.2) is 0 Å². The molecular weight excluding hydrogens is 348 g/mol. The second-order valence-electron chi connectivity index (χ2n) is 6.07. The Morgan fingerprint density at radius 2 is 2.04 bits per heavy atom. The number of ether oxygens (including phenoxy) is 2. The first kappa shape index (κ1) is 19.1. The number of hydrogen-bond acceptors (Lipinski definition) is 5. The second kappa shape index (κ2) is 8.20. The smallest absolute Gasteiger partial charge is 0.309 e. The number of rotatable bonds is 7. The number of amides is 2. The molecule has 7 nitrogen and oxygen atoms in total. The summed E-state index contributed by atoms with van der Waals surface area (Å²) in [5, 5.41) is 3.08. The third-order valence-electron chi connectivity index (χ3n) is 3.99. The Morgan fingerprint density at radius 3 is 2.64 bits per heavy atom. The van der Waals surface area contributed by atoms with Gasteiger partial charge in [0.25, 0.3) is 5.91 Å². The van der Waals surface area contributed by atoms with Crippen molar-refractivity contribution in [1.29, 1.82) is 0 Å². The lowest BCUT2D eigenvalue weighted by molar-refractivity contribution is -0.153.